The first-order chi connectivity index (χ1) is 7.79. The third-order valence-corrected chi connectivity index (χ3v) is 2.75. The van der Waals surface area contributed by atoms with Crippen LogP contribution in [0.4, 0.5) is 13.2 Å². The summed E-state index contributed by atoms with van der Waals surface area (Å²) in [6.07, 6.45) is -5.28. The minimum absolute atomic E-state index is 0.340. The molecule has 0 saturated heterocycles. The second kappa shape index (κ2) is 5.53. The summed E-state index contributed by atoms with van der Waals surface area (Å²) in [4.78, 5) is 11.6. The van der Waals surface area contributed by atoms with Crippen molar-refractivity contribution >= 4 is 21.8 Å². The summed E-state index contributed by atoms with van der Waals surface area (Å²) in [7, 11) is 0. The Hall–Kier alpha value is -1.04. The lowest BCUT2D eigenvalue weighted by molar-refractivity contribution is -0.132. The molecule has 0 aliphatic carbocycles. The van der Waals surface area contributed by atoms with Crippen molar-refractivity contribution in [3.8, 4) is 0 Å². The monoisotopic (exact) mass is 309 g/mol. The maximum atomic E-state index is 11.9. The molecule has 0 aliphatic rings. The molecule has 0 atom stereocenters. The van der Waals surface area contributed by atoms with Crippen molar-refractivity contribution in [1.29, 1.82) is 0 Å². The number of carbonyl (C=O) groups excluding carboxylic acids is 1. The predicted molar refractivity (Wildman–Crippen MR) is 61.9 cm³/mol. The van der Waals surface area contributed by atoms with Gasteiger partial charge in [0.25, 0.3) is 5.91 Å². The van der Waals surface area contributed by atoms with E-state index in [1.165, 1.54) is 0 Å². The van der Waals surface area contributed by atoms with E-state index in [0.717, 1.165) is 5.56 Å². The number of amides is 1. The Balaban J connectivity index is 2.61. The zero-order chi connectivity index (χ0) is 13.1. The lowest BCUT2D eigenvalue weighted by Crippen LogP contribution is -2.28. The lowest BCUT2D eigenvalue weighted by atomic mass is 10.1. The fourth-order valence-electron chi connectivity index (χ4n) is 1.23. The van der Waals surface area contributed by atoms with Gasteiger partial charge >= 0.3 is 6.18 Å². The quantitative estimate of drug-likeness (QED) is 0.910. The summed E-state index contributed by atoms with van der Waals surface area (Å²) in [6, 6.07) is 5.11. The highest BCUT2D eigenvalue weighted by molar-refractivity contribution is 9.10. The molecule has 0 radical (unpaired) electrons. The third kappa shape index (κ3) is 4.77. The van der Waals surface area contributed by atoms with Gasteiger partial charge in [0.05, 0.1) is 12.0 Å². The van der Waals surface area contributed by atoms with Crippen LogP contribution in [0.1, 0.15) is 22.3 Å². The van der Waals surface area contributed by atoms with E-state index < -0.39 is 25.0 Å². The van der Waals surface area contributed by atoms with Gasteiger partial charge in [-0.3, -0.25) is 4.79 Å². The highest BCUT2D eigenvalue weighted by atomic mass is 79.9. The molecule has 2 nitrogen and oxygen atoms in total. The average Bonchev–Trinajstić information content (AvgIpc) is 2.19. The molecular formula is C11H11BrF3NO. The van der Waals surface area contributed by atoms with Crippen LogP contribution in [0.15, 0.2) is 22.7 Å². The molecule has 0 heterocycles. The number of carbonyl (C=O) groups is 1. The van der Waals surface area contributed by atoms with Gasteiger partial charge < -0.3 is 5.32 Å². The second-order valence-electron chi connectivity index (χ2n) is 3.60. The van der Waals surface area contributed by atoms with Crippen LogP contribution in [-0.4, -0.2) is 18.6 Å². The number of aryl methyl sites for hydroxylation is 1. The van der Waals surface area contributed by atoms with E-state index in [-0.39, 0.29) is 0 Å². The Bertz CT molecular complexity index is 418. The number of nitrogens with one attached hydrogen (secondary N) is 1. The van der Waals surface area contributed by atoms with Crippen molar-refractivity contribution in [3.05, 3.63) is 33.8 Å². The van der Waals surface area contributed by atoms with Crippen LogP contribution in [0.5, 0.6) is 0 Å². The zero-order valence-electron chi connectivity index (χ0n) is 9.07. The third-order valence-electron chi connectivity index (χ3n) is 2.06. The minimum Gasteiger partial charge on any atom is -0.352 e. The molecule has 1 N–H and O–H groups in total. The molecule has 0 spiro atoms. The van der Waals surface area contributed by atoms with Gasteiger partial charge in [-0.15, -0.1) is 0 Å². The average molecular weight is 310 g/mol. The van der Waals surface area contributed by atoms with E-state index in [4.69, 9.17) is 0 Å². The van der Waals surface area contributed by atoms with E-state index in [9.17, 15) is 18.0 Å². The van der Waals surface area contributed by atoms with Crippen molar-refractivity contribution in [3.63, 3.8) is 0 Å². The van der Waals surface area contributed by atoms with Crippen LogP contribution in [0.25, 0.3) is 0 Å². The van der Waals surface area contributed by atoms with Crippen LogP contribution in [0.2, 0.25) is 0 Å². The lowest BCUT2D eigenvalue weighted by Gasteiger charge is -2.09. The largest absolute Gasteiger partial charge is 0.390 e. The Morgan fingerprint density at radius 1 is 1.41 bits per heavy atom. The van der Waals surface area contributed by atoms with Crippen LogP contribution in [-0.2, 0) is 0 Å². The summed E-state index contributed by atoms with van der Waals surface area (Å²) >= 11 is 3.18. The van der Waals surface area contributed by atoms with Gasteiger partial charge in [-0.2, -0.15) is 13.2 Å². The minimum atomic E-state index is -4.25. The molecule has 1 amide bonds. The van der Waals surface area contributed by atoms with E-state index in [1.807, 2.05) is 0 Å². The molecule has 0 unspecified atom stereocenters. The summed E-state index contributed by atoms with van der Waals surface area (Å²) in [5.41, 5.74) is 1.21. The number of alkyl halides is 3. The first-order valence-corrected chi connectivity index (χ1v) is 5.70. The number of benzene rings is 1. The molecule has 1 aromatic carbocycles. The Labute approximate surface area is 105 Å². The second-order valence-corrected chi connectivity index (χ2v) is 4.46. The fourth-order valence-corrected chi connectivity index (χ4v) is 1.65. The van der Waals surface area contributed by atoms with Crippen molar-refractivity contribution < 1.29 is 18.0 Å². The molecule has 1 aromatic rings. The molecule has 0 bridgehead atoms. The highest BCUT2D eigenvalue weighted by Gasteiger charge is 2.26. The first-order valence-electron chi connectivity index (χ1n) is 4.91. The molecule has 0 aliphatic heterocycles. The van der Waals surface area contributed by atoms with E-state index in [1.54, 1.807) is 25.1 Å². The number of hydrogen-bond acceptors (Lipinski definition) is 1. The SMILES string of the molecule is Cc1ccc(Br)c(C(=O)NCCC(F)(F)F)c1. The molecule has 1 rings (SSSR count). The number of rotatable bonds is 3. The van der Waals surface area contributed by atoms with Gasteiger partial charge in [0.15, 0.2) is 0 Å². The van der Waals surface area contributed by atoms with Crippen LogP contribution in [0, 0.1) is 6.92 Å². The summed E-state index contributed by atoms with van der Waals surface area (Å²) in [5.74, 6) is -0.509. The van der Waals surface area contributed by atoms with Crippen LogP contribution < -0.4 is 5.32 Å². The Morgan fingerprint density at radius 2 is 2.06 bits per heavy atom. The van der Waals surface area contributed by atoms with Gasteiger partial charge in [0.2, 0.25) is 0 Å². The van der Waals surface area contributed by atoms with Gasteiger partial charge in [-0.05, 0) is 35.0 Å². The van der Waals surface area contributed by atoms with Crippen LogP contribution >= 0.6 is 15.9 Å². The Kier molecular flexibility index (Phi) is 4.56. The molecule has 94 valence electrons. The van der Waals surface area contributed by atoms with E-state index >= 15 is 0 Å². The van der Waals surface area contributed by atoms with Crippen molar-refractivity contribution in [1.82, 2.24) is 5.32 Å². The maximum absolute atomic E-state index is 11.9. The number of halogens is 4. The predicted octanol–water partition coefficient (Wildman–Crippen LogP) is 3.44. The van der Waals surface area contributed by atoms with E-state index in [2.05, 4.69) is 21.2 Å². The first kappa shape index (κ1) is 14.0. The normalized spacial score (nSPS) is 11.4. The van der Waals surface area contributed by atoms with Crippen LogP contribution in [0.3, 0.4) is 0 Å². The van der Waals surface area contributed by atoms with Gasteiger partial charge in [0, 0.05) is 11.0 Å². The number of hydrogen-bond donors (Lipinski definition) is 1. The molecule has 0 aromatic heterocycles. The summed E-state index contributed by atoms with van der Waals surface area (Å²) in [5, 5.41) is 2.23. The standard InChI is InChI=1S/C11H11BrF3NO/c1-7-2-3-9(12)8(6-7)10(17)16-5-4-11(13,14)15/h2-3,6H,4-5H2,1H3,(H,16,17). The maximum Gasteiger partial charge on any atom is 0.390 e. The summed E-state index contributed by atoms with van der Waals surface area (Å²) < 4.78 is 36.2. The topological polar surface area (TPSA) is 29.1 Å². The molecule has 0 fully saturated rings. The smallest absolute Gasteiger partial charge is 0.352 e. The van der Waals surface area contributed by atoms with Gasteiger partial charge in [0.1, 0.15) is 0 Å². The summed E-state index contributed by atoms with van der Waals surface area (Å²) in [6.45, 7) is 1.39. The van der Waals surface area contributed by atoms with Gasteiger partial charge in [-0.25, -0.2) is 0 Å². The fraction of sp³-hybridized carbons (Fsp3) is 0.364. The van der Waals surface area contributed by atoms with E-state index in [0.29, 0.717) is 10.0 Å². The zero-order valence-corrected chi connectivity index (χ0v) is 10.7. The molecule has 0 saturated carbocycles. The van der Waals surface area contributed by atoms with Crippen molar-refractivity contribution in [2.24, 2.45) is 0 Å². The van der Waals surface area contributed by atoms with Gasteiger partial charge in [-0.1, -0.05) is 11.6 Å². The Morgan fingerprint density at radius 3 is 2.65 bits per heavy atom. The van der Waals surface area contributed by atoms with Crippen molar-refractivity contribution in [2.75, 3.05) is 6.54 Å². The van der Waals surface area contributed by atoms with Crippen molar-refractivity contribution in [2.45, 2.75) is 19.5 Å². The molecular weight excluding hydrogens is 299 g/mol. The highest BCUT2D eigenvalue weighted by Crippen LogP contribution is 2.20. The molecule has 17 heavy (non-hydrogen) atoms. The molecule has 6 heteroatoms.